The molecule has 3 aromatic carbocycles. The molecule has 1 aromatic heterocycles. The van der Waals surface area contributed by atoms with Gasteiger partial charge in [-0.1, -0.05) is 18.2 Å². The number of nitrogens with zero attached hydrogens (tertiary/aromatic N) is 3. The van der Waals surface area contributed by atoms with Gasteiger partial charge in [0.25, 0.3) is 0 Å². The van der Waals surface area contributed by atoms with E-state index in [1.165, 1.54) is 24.5 Å². The first kappa shape index (κ1) is 28.4. The minimum absolute atomic E-state index is 0. The number of carbonyl (C=O) groups excluding carboxylic acids is 1. The van der Waals surface area contributed by atoms with Crippen LogP contribution >= 0.6 is 12.4 Å². The molecule has 4 aromatic rings. The topological polar surface area (TPSA) is 116 Å². The van der Waals surface area contributed by atoms with E-state index in [1.807, 2.05) is 24.1 Å². The summed E-state index contributed by atoms with van der Waals surface area (Å²) in [5, 5.41) is 8.41. The zero-order chi connectivity index (χ0) is 26.4. The Balaban J connectivity index is 0.00000400. The SMILES string of the molecule is CN(c1ccc(NC(=O)Nc2cccc(F)c2)cc1)c1ccnc(Nc2ccc(CS(C)(=O)=O)cc2)n1.Cl. The summed E-state index contributed by atoms with van der Waals surface area (Å²) in [6, 6.07) is 21.1. The highest BCUT2D eigenvalue weighted by Gasteiger charge is 2.10. The maximum Gasteiger partial charge on any atom is 0.323 e. The summed E-state index contributed by atoms with van der Waals surface area (Å²) < 4.78 is 36.2. The molecule has 0 radical (unpaired) electrons. The molecular formula is C26H26ClFN6O3S. The fraction of sp³-hybridized carbons (Fsp3) is 0.115. The Bertz CT molecular complexity index is 1500. The van der Waals surface area contributed by atoms with Crippen LogP contribution in [0.2, 0.25) is 0 Å². The monoisotopic (exact) mass is 556 g/mol. The molecule has 3 N–H and O–H groups in total. The van der Waals surface area contributed by atoms with Gasteiger partial charge in [0.15, 0.2) is 9.84 Å². The molecule has 0 saturated carbocycles. The third-order valence-corrected chi connectivity index (χ3v) is 6.08. The van der Waals surface area contributed by atoms with Crippen molar-refractivity contribution in [1.82, 2.24) is 9.97 Å². The van der Waals surface area contributed by atoms with Crippen LogP contribution in [0.4, 0.5) is 43.7 Å². The van der Waals surface area contributed by atoms with Crippen LogP contribution in [-0.2, 0) is 15.6 Å². The van der Waals surface area contributed by atoms with E-state index in [0.29, 0.717) is 28.7 Å². The van der Waals surface area contributed by atoms with Crippen molar-refractivity contribution in [2.75, 3.05) is 34.2 Å². The van der Waals surface area contributed by atoms with Gasteiger partial charge >= 0.3 is 6.03 Å². The number of rotatable bonds is 8. The zero-order valence-electron chi connectivity index (χ0n) is 20.6. The number of amides is 2. The lowest BCUT2D eigenvalue weighted by atomic mass is 10.2. The summed E-state index contributed by atoms with van der Waals surface area (Å²) in [4.78, 5) is 22.9. The van der Waals surface area contributed by atoms with Crippen LogP contribution in [0.15, 0.2) is 85.1 Å². The molecule has 9 nitrogen and oxygen atoms in total. The van der Waals surface area contributed by atoms with Crippen molar-refractivity contribution >= 4 is 62.8 Å². The molecular weight excluding hydrogens is 531 g/mol. The molecule has 0 bridgehead atoms. The number of anilines is 6. The highest BCUT2D eigenvalue weighted by molar-refractivity contribution is 7.89. The predicted molar refractivity (Wildman–Crippen MR) is 151 cm³/mol. The van der Waals surface area contributed by atoms with E-state index in [-0.39, 0.29) is 18.2 Å². The van der Waals surface area contributed by atoms with E-state index in [1.54, 1.807) is 54.7 Å². The molecule has 0 unspecified atom stereocenters. The van der Waals surface area contributed by atoms with E-state index in [2.05, 4.69) is 25.9 Å². The molecule has 4 rings (SSSR count). The largest absolute Gasteiger partial charge is 0.329 e. The minimum atomic E-state index is -3.10. The first-order chi connectivity index (χ1) is 17.6. The van der Waals surface area contributed by atoms with Crippen molar-refractivity contribution in [3.05, 3.63) is 96.4 Å². The standard InChI is InChI=1S/C26H25FN6O3S.ClH/c1-33(23-12-10-21(11-13-23)30-26(34)31-22-5-3-4-19(27)16-22)24-14-15-28-25(32-24)29-20-8-6-18(7-9-20)17-37(2,35)36;/h3-16H,17H2,1-2H3,(H,28,29,32)(H2,30,31,34);1H. The Hall–Kier alpha value is -4.22. The molecule has 12 heteroatoms. The summed E-state index contributed by atoms with van der Waals surface area (Å²) in [6.07, 6.45) is 2.83. The van der Waals surface area contributed by atoms with Crippen LogP contribution in [0, 0.1) is 5.82 Å². The molecule has 0 saturated heterocycles. The van der Waals surface area contributed by atoms with E-state index in [0.717, 1.165) is 11.4 Å². The van der Waals surface area contributed by atoms with Gasteiger partial charge in [0.1, 0.15) is 11.6 Å². The van der Waals surface area contributed by atoms with Gasteiger partial charge in [0.05, 0.1) is 5.75 Å². The van der Waals surface area contributed by atoms with Crippen LogP contribution in [0.5, 0.6) is 0 Å². The second-order valence-corrected chi connectivity index (χ2v) is 10.5. The molecule has 38 heavy (non-hydrogen) atoms. The normalized spacial score (nSPS) is 10.7. The summed E-state index contributed by atoms with van der Waals surface area (Å²) in [5.41, 5.74) is 3.17. The van der Waals surface area contributed by atoms with Crippen LogP contribution in [0.1, 0.15) is 5.56 Å². The van der Waals surface area contributed by atoms with Gasteiger partial charge in [0.2, 0.25) is 5.95 Å². The molecule has 198 valence electrons. The third-order valence-electron chi connectivity index (χ3n) is 5.22. The lowest BCUT2D eigenvalue weighted by Crippen LogP contribution is -2.19. The zero-order valence-corrected chi connectivity index (χ0v) is 22.2. The maximum atomic E-state index is 13.3. The summed E-state index contributed by atoms with van der Waals surface area (Å²) in [6.45, 7) is 0. The quantitative estimate of drug-likeness (QED) is 0.253. The van der Waals surface area contributed by atoms with E-state index < -0.39 is 21.7 Å². The van der Waals surface area contributed by atoms with Gasteiger partial charge in [-0.25, -0.2) is 22.6 Å². The fourth-order valence-corrected chi connectivity index (χ4v) is 4.27. The van der Waals surface area contributed by atoms with Crippen LogP contribution < -0.4 is 20.9 Å². The van der Waals surface area contributed by atoms with Gasteiger partial charge in [-0.05, 0) is 66.2 Å². The fourth-order valence-electron chi connectivity index (χ4n) is 3.47. The number of hydrogen-bond acceptors (Lipinski definition) is 7. The van der Waals surface area contributed by atoms with Gasteiger partial charge in [-0.15, -0.1) is 12.4 Å². The highest BCUT2D eigenvalue weighted by atomic mass is 35.5. The molecule has 0 fully saturated rings. The Morgan fingerprint density at radius 1 is 0.921 bits per heavy atom. The highest BCUT2D eigenvalue weighted by Crippen LogP contribution is 2.25. The average molecular weight is 557 g/mol. The second kappa shape index (κ2) is 12.3. The molecule has 0 atom stereocenters. The Kier molecular flexibility index (Phi) is 9.21. The van der Waals surface area contributed by atoms with E-state index in [9.17, 15) is 17.6 Å². The number of hydrogen-bond donors (Lipinski definition) is 3. The molecule has 0 aliphatic carbocycles. The first-order valence-electron chi connectivity index (χ1n) is 11.2. The van der Waals surface area contributed by atoms with Crippen molar-refractivity contribution in [1.29, 1.82) is 0 Å². The lowest BCUT2D eigenvalue weighted by Gasteiger charge is -2.19. The van der Waals surface area contributed by atoms with Crippen LogP contribution in [0.25, 0.3) is 0 Å². The Morgan fingerprint density at radius 2 is 1.58 bits per heavy atom. The average Bonchev–Trinajstić information content (AvgIpc) is 2.84. The summed E-state index contributed by atoms with van der Waals surface area (Å²) in [7, 11) is -1.25. The molecule has 1 heterocycles. The van der Waals surface area contributed by atoms with Crippen LogP contribution in [-0.4, -0.2) is 37.7 Å². The van der Waals surface area contributed by atoms with Crippen molar-refractivity contribution in [3.63, 3.8) is 0 Å². The number of halogens is 2. The van der Waals surface area contributed by atoms with Gasteiger partial charge in [-0.2, -0.15) is 4.98 Å². The maximum absolute atomic E-state index is 13.3. The van der Waals surface area contributed by atoms with Crippen molar-refractivity contribution in [3.8, 4) is 0 Å². The van der Waals surface area contributed by atoms with Crippen molar-refractivity contribution < 1.29 is 17.6 Å². The van der Waals surface area contributed by atoms with Crippen LogP contribution in [0.3, 0.4) is 0 Å². The summed E-state index contributed by atoms with van der Waals surface area (Å²) >= 11 is 0. The Morgan fingerprint density at radius 3 is 2.24 bits per heavy atom. The van der Waals surface area contributed by atoms with E-state index in [4.69, 9.17) is 0 Å². The second-order valence-electron chi connectivity index (χ2n) is 8.33. The smallest absolute Gasteiger partial charge is 0.323 e. The third kappa shape index (κ3) is 8.15. The number of sulfone groups is 1. The van der Waals surface area contributed by atoms with Crippen molar-refractivity contribution in [2.24, 2.45) is 0 Å². The lowest BCUT2D eigenvalue weighted by molar-refractivity contribution is 0.262. The minimum Gasteiger partial charge on any atom is -0.329 e. The predicted octanol–water partition coefficient (Wildman–Crippen LogP) is 5.74. The van der Waals surface area contributed by atoms with Gasteiger partial charge in [-0.3, -0.25) is 0 Å². The Labute approximate surface area is 226 Å². The molecule has 0 aliphatic rings. The number of aromatic nitrogens is 2. The number of urea groups is 1. The van der Waals surface area contributed by atoms with Gasteiger partial charge < -0.3 is 20.9 Å². The van der Waals surface area contributed by atoms with Crippen molar-refractivity contribution in [2.45, 2.75) is 5.75 Å². The van der Waals surface area contributed by atoms with Gasteiger partial charge in [0, 0.05) is 42.2 Å². The number of nitrogens with one attached hydrogen (secondary N) is 3. The molecule has 0 aliphatic heterocycles. The first-order valence-corrected chi connectivity index (χ1v) is 13.2. The molecule has 2 amide bonds. The molecule has 0 spiro atoms. The number of carbonyl (C=O) groups is 1. The summed E-state index contributed by atoms with van der Waals surface area (Å²) in [5.74, 6) is 0.565. The van der Waals surface area contributed by atoms with E-state index >= 15 is 0 Å². The number of benzene rings is 3.